The molecule has 0 saturated heterocycles. The van der Waals surface area contributed by atoms with Gasteiger partial charge in [-0.3, -0.25) is 0 Å². The van der Waals surface area contributed by atoms with Crippen molar-refractivity contribution in [3.05, 3.63) is 23.9 Å². The molecular weight excluding hydrogens is 148 g/mol. The van der Waals surface area contributed by atoms with E-state index in [-0.39, 0.29) is 0 Å². The van der Waals surface area contributed by atoms with Crippen molar-refractivity contribution in [2.75, 3.05) is 13.1 Å². The lowest BCUT2D eigenvalue weighted by Crippen LogP contribution is -2.05. The van der Waals surface area contributed by atoms with E-state index in [1.54, 1.807) is 0 Å². The molecular formula is C10H20N2. The first-order chi connectivity index (χ1) is 5.85. The van der Waals surface area contributed by atoms with E-state index < -0.39 is 0 Å². The maximum Gasteiger partial charge on any atom is 0.0138 e. The molecule has 2 heteroatoms. The average molecular weight is 168 g/mol. The molecule has 2 nitrogen and oxygen atoms in total. The largest absolute Gasteiger partial charge is 0.391 e. The van der Waals surface area contributed by atoms with Gasteiger partial charge in [-0.1, -0.05) is 13.0 Å². The second-order valence-corrected chi connectivity index (χ2v) is 2.69. The van der Waals surface area contributed by atoms with E-state index in [9.17, 15) is 0 Å². The first-order valence-corrected chi connectivity index (χ1v) is 4.60. The van der Waals surface area contributed by atoms with Gasteiger partial charge >= 0.3 is 0 Å². The molecule has 0 aliphatic rings. The molecule has 0 aromatic heterocycles. The fourth-order valence-electron chi connectivity index (χ4n) is 0.884. The van der Waals surface area contributed by atoms with Crippen LogP contribution in [-0.4, -0.2) is 13.1 Å². The van der Waals surface area contributed by atoms with Crippen LogP contribution in [0.2, 0.25) is 0 Å². The fourth-order valence-corrected chi connectivity index (χ4v) is 0.884. The van der Waals surface area contributed by atoms with Crippen LogP contribution in [0.1, 0.15) is 26.7 Å². The molecule has 0 aliphatic heterocycles. The Morgan fingerprint density at radius 2 is 2.25 bits per heavy atom. The van der Waals surface area contributed by atoms with Crippen LogP contribution >= 0.6 is 0 Å². The summed E-state index contributed by atoms with van der Waals surface area (Å²) in [5.74, 6) is 0. The van der Waals surface area contributed by atoms with Gasteiger partial charge in [-0.15, -0.1) is 0 Å². The van der Waals surface area contributed by atoms with Gasteiger partial charge in [-0.05, 0) is 44.2 Å². The predicted molar refractivity (Wildman–Crippen MR) is 54.9 cm³/mol. The zero-order valence-corrected chi connectivity index (χ0v) is 8.14. The van der Waals surface area contributed by atoms with Gasteiger partial charge in [0.1, 0.15) is 0 Å². The third kappa shape index (κ3) is 5.98. The Balaban J connectivity index is 3.62. The highest BCUT2D eigenvalue weighted by Gasteiger charge is 1.86. The number of hydrogen-bond acceptors (Lipinski definition) is 2. The molecule has 0 heterocycles. The van der Waals surface area contributed by atoms with E-state index in [4.69, 9.17) is 5.73 Å². The molecule has 0 unspecified atom stereocenters. The summed E-state index contributed by atoms with van der Waals surface area (Å²) in [7, 11) is 0. The normalized spacial score (nSPS) is 12.4. The van der Waals surface area contributed by atoms with Crippen molar-refractivity contribution in [1.82, 2.24) is 5.32 Å². The van der Waals surface area contributed by atoms with Crippen LogP contribution < -0.4 is 11.1 Å². The van der Waals surface area contributed by atoms with Crippen LogP contribution in [0.15, 0.2) is 23.9 Å². The third-order valence-electron chi connectivity index (χ3n) is 1.61. The molecule has 0 fully saturated rings. The molecule has 0 bridgehead atoms. The number of allylic oxidation sites excluding steroid dienone is 2. The minimum atomic E-state index is 0.720. The highest BCUT2D eigenvalue weighted by Crippen LogP contribution is 1.99. The molecule has 0 amide bonds. The number of nitrogens with two attached hydrogens (primary N) is 1. The third-order valence-corrected chi connectivity index (χ3v) is 1.61. The lowest BCUT2D eigenvalue weighted by atomic mass is 10.2. The summed E-state index contributed by atoms with van der Waals surface area (Å²) in [5, 5.41) is 3.20. The van der Waals surface area contributed by atoms with Crippen molar-refractivity contribution in [1.29, 1.82) is 0 Å². The van der Waals surface area contributed by atoms with E-state index in [0.717, 1.165) is 25.9 Å². The molecule has 12 heavy (non-hydrogen) atoms. The monoisotopic (exact) mass is 168 g/mol. The van der Waals surface area contributed by atoms with E-state index in [1.165, 1.54) is 5.57 Å². The van der Waals surface area contributed by atoms with Crippen molar-refractivity contribution >= 4 is 0 Å². The SMILES string of the molecule is C/C=C(\C=C/NCCC)CCN. The molecule has 0 saturated carbocycles. The number of nitrogens with one attached hydrogen (secondary N) is 1. The first kappa shape index (κ1) is 11.2. The van der Waals surface area contributed by atoms with Gasteiger partial charge in [0.25, 0.3) is 0 Å². The summed E-state index contributed by atoms with van der Waals surface area (Å²) >= 11 is 0. The van der Waals surface area contributed by atoms with E-state index in [0.29, 0.717) is 0 Å². The smallest absolute Gasteiger partial charge is 0.0138 e. The Kier molecular flexibility index (Phi) is 7.81. The van der Waals surface area contributed by atoms with Gasteiger partial charge in [0, 0.05) is 6.54 Å². The summed E-state index contributed by atoms with van der Waals surface area (Å²) in [6, 6.07) is 0. The highest BCUT2D eigenvalue weighted by molar-refractivity contribution is 5.17. The van der Waals surface area contributed by atoms with Crippen LogP contribution in [0.25, 0.3) is 0 Å². The molecule has 70 valence electrons. The topological polar surface area (TPSA) is 38.0 Å². The van der Waals surface area contributed by atoms with Gasteiger partial charge < -0.3 is 11.1 Å². The maximum atomic E-state index is 5.44. The van der Waals surface area contributed by atoms with Gasteiger partial charge in [-0.2, -0.15) is 0 Å². The lowest BCUT2D eigenvalue weighted by Gasteiger charge is -1.99. The van der Waals surface area contributed by atoms with Crippen molar-refractivity contribution in [3.8, 4) is 0 Å². The second-order valence-electron chi connectivity index (χ2n) is 2.69. The van der Waals surface area contributed by atoms with E-state index in [1.807, 2.05) is 13.1 Å². The standard InChI is InChI=1S/C10H20N2/c1-3-8-12-9-6-10(4-2)5-7-11/h4,6,9,12H,3,5,7-8,11H2,1-2H3/b9-6-,10-4-. The van der Waals surface area contributed by atoms with E-state index in [2.05, 4.69) is 24.4 Å². The molecule has 0 radical (unpaired) electrons. The zero-order chi connectivity index (χ0) is 9.23. The van der Waals surface area contributed by atoms with Gasteiger partial charge in [-0.25, -0.2) is 0 Å². The minimum absolute atomic E-state index is 0.720. The summed E-state index contributed by atoms with van der Waals surface area (Å²) < 4.78 is 0. The molecule has 0 aromatic rings. The van der Waals surface area contributed by atoms with Crippen LogP contribution in [-0.2, 0) is 0 Å². The predicted octanol–water partition coefficient (Wildman–Crippen LogP) is 1.79. The van der Waals surface area contributed by atoms with Crippen molar-refractivity contribution in [3.63, 3.8) is 0 Å². The quantitative estimate of drug-likeness (QED) is 0.469. The second kappa shape index (κ2) is 8.34. The van der Waals surface area contributed by atoms with Gasteiger partial charge in [0.2, 0.25) is 0 Å². The van der Waals surface area contributed by atoms with Gasteiger partial charge in [0.05, 0.1) is 0 Å². The summed E-state index contributed by atoms with van der Waals surface area (Å²) in [5.41, 5.74) is 6.73. The molecule has 0 rings (SSSR count). The van der Waals surface area contributed by atoms with Crippen LogP contribution in [0.4, 0.5) is 0 Å². The van der Waals surface area contributed by atoms with Crippen molar-refractivity contribution in [2.24, 2.45) is 5.73 Å². The molecule has 3 N–H and O–H groups in total. The van der Waals surface area contributed by atoms with Crippen LogP contribution in [0.3, 0.4) is 0 Å². The maximum absolute atomic E-state index is 5.44. The molecule has 0 spiro atoms. The lowest BCUT2D eigenvalue weighted by molar-refractivity contribution is 0.807. The molecule has 0 atom stereocenters. The Bertz CT molecular complexity index is 148. The molecule has 0 aromatic carbocycles. The fraction of sp³-hybridized carbons (Fsp3) is 0.600. The van der Waals surface area contributed by atoms with Crippen LogP contribution in [0.5, 0.6) is 0 Å². The minimum Gasteiger partial charge on any atom is -0.391 e. The van der Waals surface area contributed by atoms with Crippen molar-refractivity contribution < 1.29 is 0 Å². The Morgan fingerprint density at radius 3 is 2.75 bits per heavy atom. The zero-order valence-electron chi connectivity index (χ0n) is 8.14. The number of hydrogen-bond donors (Lipinski definition) is 2. The summed E-state index contributed by atoms with van der Waals surface area (Å²) in [6.07, 6.45) is 8.29. The van der Waals surface area contributed by atoms with E-state index >= 15 is 0 Å². The molecule has 0 aliphatic carbocycles. The Hall–Kier alpha value is -0.760. The Labute approximate surface area is 75.5 Å². The van der Waals surface area contributed by atoms with Crippen molar-refractivity contribution in [2.45, 2.75) is 26.7 Å². The Morgan fingerprint density at radius 1 is 1.50 bits per heavy atom. The summed E-state index contributed by atoms with van der Waals surface area (Å²) in [6.45, 7) is 5.94. The van der Waals surface area contributed by atoms with Gasteiger partial charge in [0.15, 0.2) is 0 Å². The average Bonchev–Trinajstić information content (AvgIpc) is 2.10. The first-order valence-electron chi connectivity index (χ1n) is 4.60. The highest BCUT2D eigenvalue weighted by atomic mass is 14.8. The van der Waals surface area contributed by atoms with Crippen LogP contribution in [0, 0.1) is 0 Å². The summed E-state index contributed by atoms with van der Waals surface area (Å²) in [4.78, 5) is 0. The number of rotatable bonds is 6.